The molecular formula is C62H97N13O14P+. The van der Waals surface area contributed by atoms with Gasteiger partial charge in [-0.1, -0.05) is 34.6 Å². The Labute approximate surface area is 525 Å². The number of aromatic nitrogens is 2. The number of hydrogen-bond acceptors (Lipinski definition) is 17. The summed E-state index contributed by atoms with van der Waals surface area (Å²) < 4.78 is 32.4. The fraction of sp³-hybridized carbons (Fsp3) is 0.677. The number of phosphoric acid groups is 1. The Hall–Kier alpha value is -6.29. The molecule has 5 saturated heterocycles. The van der Waals surface area contributed by atoms with Gasteiger partial charge in [-0.25, -0.2) is 9.55 Å². The van der Waals surface area contributed by atoms with Crippen molar-refractivity contribution < 1.29 is 71.6 Å². The molecule has 5 fully saturated rings. The predicted molar refractivity (Wildman–Crippen MR) is 331 cm³/mol. The molecule has 21 N–H and O–H groups in total. The van der Waals surface area contributed by atoms with Gasteiger partial charge in [0.2, 0.25) is 53.9 Å². The number of aliphatic hydroxyl groups is 2. The van der Waals surface area contributed by atoms with Crippen LogP contribution in [0, 0.1) is 59.2 Å². The minimum Gasteiger partial charge on any atom is -0.394 e. The molecular weight excluding hydrogens is 1180 g/mol. The monoisotopic (exact) mass is 1280 g/mol. The number of primary amides is 6. The summed E-state index contributed by atoms with van der Waals surface area (Å²) in [4.78, 5) is 108. The number of hydrogen-bond donors (Lipinski definition) is 15. The fourth-order valence-electron chi connectivity index (χ4n) is 16.7. The fourth-order valence-corrected chi connectivity index (χ4v) is 17.8. The van der Waals surface area contributed by atoms with E-state index in [4.69, 9.17) is 48.2 Å². The maximum absolute atomic E-state index is 14.4. The van der Waals surface area contributed by atoms with E-state index in [2.05, 4.69) is 51.5 Å². The molecule has 0 radical (unpaired) electrons. The van der Waals surface area contributed by atoms with Crippen LogP contribution in [-0.4, -0.2) is 129 Å². The first-order valence-corrected chi connectivity index (χ1v) is 32.6. The van der Waals surface area contributed by atoms with Crippen LogP contribution >= 0.6 is 7.82 Å². The number of H-pyrrole nitrogens is 1. The van der Waals surface area contributed by atoms with Crippen molar-refractivity contribution in [3.05, 3.63) is 63.9 Å². The van der Waals surface area contributed by atoms with Crippen molar-refractivity contribution in [1.29, 1.82) is 0 Å². The third-order valence-electron chi connectivity index (χ3n) is 21.8. The number of nitrogens with zero attached hydrogens (tertiary/aromatic N) is 1. The van der Waals surface area contributed by atoms with E-state index in [0.29, 0.717) is 34.6 Å². The van der Waals surface area contributed by atoms with E-state index < -0.39 is 156 Å². The number of nitrogens with one attached hydrogen (secondary N) is 6. The molecule has 2 aromatic rings. The van der Waals surface area contributed by atoms with Gasteiger partial charge in [0.1, 0.15) is 18.3 Å². The number of rotatable bonds is 26. The number of phosphoric ester groups is 1. The molecule has 7 amide bonds. The number of fused-ring (bicyclic) bond motifs is 10. The number of carbonyl (C=O) groups is 7. The van der Waals surface area contributed by atoms with E-state index in [1.54, 1.807) is 10.9 Å². The van der Waals surface area contributed by atoms with Gasteiger partial charge >= 0.3 is 7.82 Å². The van der Waals surface area contributed by atoms with Crippen molar-refractivity contribution in [3.63, 3.8) is 0 Å². The van der Waals surface area contributed by atoms with Crippen LogP contribution in [0.4, 0.5) is 0 Å². The van der Waals surface area contributed by atoms with Crippen LogP contribution in [0.25, 0.3) is 11.0 Å². The van der Waals surface area contributed by atoms with Gasteiger partial charge in [0, 0.05) is 126 Å². The van der Waals surface area contributed by atoms with Crippen LogP contribution in [-0.2, 0) is 51.9 Å². The second-order valence-electron chi connectivity index (χ2n) is 28.0. The van der Waals surface area contributed by atoms with Crippen LogP contribution in [0.2, 0.25) is 0 Å². The van der Waals surface area contributed by atoms with Gasteiger partial charge in [-0.2, -0.15) is 4.57 Å². The second-order valence-corrected chi connectivity index (χ2v) is 29.3. The van der Waals surface area contributed by atoms with Crippen LogP contribution < -0.4 is 65.6 Å². The Kier molecular flexibility index (Phi) is 20.1. The quantitative estimate of drug-likeness (QED) is 0.0464. The maximum Gasteiger partial charge on any atom is 0.472 e. The van der Waals surface area contributed by atoms with E-state index in [-0.39, 0.29) is 76.7 Å². The van der Waals surface area contributed by atoms with Crippen LogP contribution in [0.3, 0.4) is 0 Å². The van der Waals surface area contributed by atoms with Gasteiger partial charge in [-0.3, -0.25) is 42.6 Å². The summed E-state index contributed by atoms with van der Waals surface area (Å²) in [6.45, 7) is 20.2. The second kappa shape index (κ2) is 26.0. The molecule has 8 bridgehead atoms. The van der Waals surface area contributed by atoms with Gasteiger partial charge in [-0.05, 0) is 125 Å². The molecule has 0 spiro atoms. The Bertz CT molecular complexity index is 3330. The highest BCUT2D eigenvalue weighted by atomic mass is 31.2. The zero-order chi connectivity index (χ0) is 66.7. The number of aliphatic hydroxyl groups excluding tert-OH is 2. The normalized spacial score (nSPS) is 36.8. The van der Waals surface area contributed by atoms with Gasteiger partial charge in [0.15, 0.2) is 11.0 Å². The summed E-state index contributed by atoms with van der Waals surface area (Å²) in [6.07, 6.45) is -2.96. The molecule has 8 rings (SSSR count). The van der Waals surface area contributed by atoms with E-state index in [9.17, 15) is 53.2 Å². The smallest absolute Gasteiger partial charge is 0.394 e. The lowest BCUT2D eigenvalue weighted by Crippen LogP contribution is -2.64. The molecule has 6 aliphatic rings. The number of amides is 7. The Morgan fingerprint density at radius 1 is 0.767 bits per heavy atom. The molecule has 27 nitrogen and oxygen atoms in total. The zero-order valence-corrected chi connectivity index (χ0v) is 54.6. The average molecular weight is 1280 g/mol. The van der Waals surface area contributed by atoms with E-state index >= 15 is 0 Å². The largest absolute Gasteiger partial charge is 0.472 e. The first-order chi connectivity index (χ1) is 41.8. The summed E-state index contributed by atoms with van der Waals surface area (Å²) >= 11 is 0. The highest BCUT2D eigenvalue weighted by molar-refractivity contribution is 7.47. The molecule has 498 valence electrons. The number of nitrogens with two attached hydrogens (primary N) is 6. The summed E-state index contributed by atoms with van der Waals surface area (Å²) in [5.41, 5.74) is 38.0. The highest BCUT2D eigenvalue weighted by Crippen LogP contribution is 2.62. The zero-order valence-electron chi connectivity index (χ0n) is 53.7. The number of carbonyl (C=O) groups excluding carboxylic acids is 7. The van der Waals surface area contributed by atoms with Crippen molar-refractivity contribution in [1.82, 2.24) is 31.6 Å². The number of imidazole rings is 1. The Morgan fingerprint density at radius 3 is 1.97 bits per heavy atom. The third kappa shape index (κ3) is 13.2. The number of allylic oxidation sites excluding steroid dienone is 3. The molecule has 18 atom stereocenters. The van der Waals surface area contributed by atoms with E-state index in [1.807, 2.05) is 67.5 Å². The van der Waals surface area contributed by atoms with Crippen LogP contribution in [0.5, 0.6) is 0 Å². The average Bonchev–Trinajstić information content (AvgIpc) is 1.53. The summed E-state index contributed by atoms with van der Waals surface area (Å²) in [7, 11) is -5.04. The minimum atomic E-state index is -5.04. The molecule has 4 unspecified atom stereocenters. The van der Waals surface area contributed by atoms with Gasteiger partial charge in [0.05, 0.1) is 12.7 Å². The molecule has 0 aliphatic carbocycles. The topological polar surface area (TPSA) is 461 Å². The first-order valence-electron chi connectivity index (χ1n) is 31.1. The summed E-state index contributed by atoms with van der Waals surface area (Å²) in [6, 6.07) is 1.38. The molecule has 1 aromatic carbocycles. The standard InChI is InChI=1S/C62H96N13O14P/c1-29-20-39-40(21-30(29)2)75(28-70-39)57-52(84)53(41(27-76)87-57)89-90(85,86)88-31(3)26-69-49(83)18-19-59(8)37(22-46(66)80)56-62(11)61(10,25-48(68)82)36(14-17-45(65)79)51(74-62)33(5)55-60(9,24-47(67)81)34(12-15-43(63)77)38(71-55)23-42-58(6,7)35(13-16-44(64)78)50(72-42)32(4)54(59)73-56/h20-21,23,28,31,34-37,41-42,50-53,56-57,71-74,76,84H,12-19,22,24-27H2,1-11H3,(H14,63,64,65,66,67,68,69,77,78,79,80,81,82,83,85,86)/p+1/b38-23-,54-32-,55-33-/t31-,34-,35-,36-,37+,41-,42?,50?,51?,52-,53-,56-,57+,59-,60+,61+,62+/m1/s1. The number of aryl methyl sites for hydroxylation is 2. The molecule has 90 heavy (non-hydrogen) atoms. The summed E-state index contributed by atoms with van der Waals surface area (Å²) in [5, 5.41) is 40.2. The van der Waals surface area contributed by atoms with Crippen molar-refractivity contribution >= 4 is 60.2 Å². The predicted octanol–water partition coefficient (Wildman–Crippen LogP) is 1.13. The Balaban J connectivity index is 1.17. The third-order valence-corrected chi connectivity index (χ3v) is 22.9. The Morgan fingerprint density at radius 2 is 1.37 bits per heavy atom. The molecule has 1 aromatic heterocycles. The summed E-state index contributed by atoms with van der Waals surface area (Å²) in [5.74, 6) is -6.23. The van der Waals surface area contributed by atoms with Gasteiger partial charge < -0.3 is 80.8 Å². The first kappa shape index (κ1) is 69.6. The molecule has 28 heteroatoms. The van der Waals surface area contributed by atoms with Crippen molar-refractivity contribution in [3.8, 4) is 0 Å². The van der Waals surface area contributed by atoms with Gasteiger partial charge in [-0.15, -0.1) is 0 Å². The van der Waals surface area contributed by atoms with E-state index in [0.717, 1.165) is 22.2 Å². The lowest BCUT2D eigenvalue weighted by molar-refractivity contribution is -0.743. The number of aromatic amines is 1. The highest BCUT2D eigenvalue weighted by Gasteiger charge is 2.68. The van der Waals surface area contributed by atoms with Crippen molar-refractivity contribution in [2.75, 3.05) is 13.2 Å². The van der Waals surface area contributed by atoms with Gasteiger partial charge in [0.25, 0.3) is 0 Å². The maximum atomic E-state index is 14.4. The van der Waals surface area contributed by atoms with Crippen LogP contribution in [0.1, 0.15) is 150 Å². The number of ether oxygens (including phenoxy) is 1. The van der Waals surface area contributed by atoms with E-state index in [1.165, 1.54) is 6.92 Å². The molecule has 6 aliphatic heterocycles. The minimum absolute atomic E-state index is 0.0291. The lowest BCUT2D eigenvalue weighted by atomic mass is 9.56. The lowest BCUT2D eigenvalue weighted by Gasteiger charge is -2.49. The SMILES string of the molecule is C/C1=C2/N[C@H]([C@H](CC(N)=O)[C@@]2(C)CCC(=O)NC[C@@H](C)OP(=O)(O)O[C@H]2[C@@H](O)[C@@H]([n+]3c[nH]c4cc(C)c(C)cc43)O[C@@H]2CO)[C@]2(C)NC(/C(C)=C3\N/C(=C\C4NC1[C@@H](CCC(N)=O)C4(C)C)[C@@H](CCC(N)=O)[C@]3(C)CC(N)=O)[C@@H](CCC(N)=O)[C@]2(C)CC(N)=O. The molecule has 7 heterocycles. The van der Waals surface area contributed by atoms with Crippen molar-refractivity contribution in [2.45, 2.75) is 207 Å². The number of benzene rings is 1. The van der Waals surface area contributed by atoms with Crippen molar-refractivity contribution in [2.24, 2.45) is 79.7 Å². The van der Waals surface area contributed by atoms with Crippen LogP contribution in [0.15, 0.2) is 52.8 Å². The molecule has 0 saturated carbocycles.